The van der Waals surface area contributed by atoms with Gasteiger partial charge in [0.2, 0.25) is 0 Å². The Morgan fingerprint density at radius 3 is 1.44 bits per heavy atom. The summed E-state index contributed by atoms with van der Waals surface area (Å²) in [5.41, 5.74) is 4.10. The lowest BCUT2D eigenvalue weighted by Gasteiger charge is -2.25. The molecule has 3 rings (SSSR count). The van der Waals surface area contributed by atoms with Crippen molar-refractivity contribution in [3.8, 4) is 0 Å². The standard InChI is InChI=1S/C23H24BrN/c24-23(16-20-10-4-1-5-11-20)19-25(17-21-12-6-2-7-13-21)18-22-14-8-3-9-15-22/h1-15,23H,16-19H2. The first kappa shape index (κ1) is 17.9. The molecule has 2 heteroatoms. The highest BCUT2D eigenvalue weighted by Crippen LogP contribution is 2.16. The van der Waals surface area contributed by atoms with E-state index in [-0.39, 0.29) is 0 Å². The van der Waals surface area contributed by atoms with Gasteiger partial charge in [-0.15, -0.1) is 0 Å². The third-order valence-corrected chi connectivity index (χ3v) is 4.87. The number of hydrogen-bond donors (Lipinski definition) is 0. The Kier molecular flexibility index (Phi) is 6.84. The molecule has 0 amide bonds. The van der Waals surface area contributed by atoms with Gasteiger partial charge in [-0.3, -0.25) is 4.90 Å². The van der Waals surface area contributed by atoms with Crippen LogP contribution >= 0.6 is 15.9 Å². The molecule has 1 atom stereocenters. The van der Waals surface area contributed by atoms with Crippen LogP contribution < -0.4 is 0 Å². The summed E-state index contributed by atoms with van der Waals surface area (Å²) in [5, 5.41) is 0. The molecule has 3 aromatic carbocycles. The number of halogens is 1. The Hall–Kier alpha value is -1.90. The predicted octanol–water partition coefficient (Wildman–Crippen LogP) is 5.70. The first-order valence-electron chi connectivity index (χ1n) is 8.78. The fourth-order valence-corrected chi connectivity index (χ4v) is 3.87. The van der Waals surface area contributed by atoms with E-state index < -0.39 is 0 Å². The molecule has 0 heterocycles. The molecule has 0 spiro atoms. The zero-order valence-electron chi connectivity index (χ0n) is 14.4. The molecule has 1 nitrogen and oxygen atoms in total. The van der Waals surface area contributed by atoms with Crippen molar-refractivity contribution in [1.82, 2.24) is 4.90 Å². The summed E-state index contributed by atoms with van der Waals surface area (Å²) < 4.78 is 0. The maximum absolute atomic E-state index is 3.90. The first-order chi connectivity index (χ1) is 12.3. The lowest BCUT2D eigenvalue weighted by Crippen LogP contribution is -2.30. The largest absolute Gasteiger partial charge is 0.294 e. The van der Waals surface area contributed by atoms with Crippen molar-refractivity contribution < 1.29 is 0 Å². The van der Waals surface area contributed by atoms with Gasteiger partial charge in [-0.2, -0.15) is 0 Å². The monoisotopic (exact) mass is 393 g/mol. The SMILES string of the molecule is BrC(Cc1ccccc1)CN(Cc1ccccc1)Cc1ccccc1. The van der Waals surface area contributed by atoms with Crippen LogP contribution in [0.3, 0.4) is 0 Å². The molecule has 3 aromatic rings. The zero-order chi connectivity index (χ0) is 17.3. The van der Waals surface area contributed by atoms with Crippen LogP contribution in [0, 0.1) is 0 Å². The van der Waals surface area contributed by atoms with E-state index in [0.29, 0.717) is 4.83 Å². The van der Waals surface area contributed by atoms with Gasteiger partial charge in [-0.1, -0.05) is 107 Å². The van der Waals surface area contributed by atoms with Crippen molar-refractivity contribution in [2.45, 2.75) is 24.3 Å². The average molecular weight is 394 g/mol. The highest BCUT2D eigenvalue weighted by molar-refractivity contribution is 9.09. The van der Waals surface area contributed by atoms with Gasteiger partial charge < -0.3 is 0 Å². The van der Waals surface area contributed by atoms with Crippen LogP contribution in [-0.2, 0) is 19.5 Å². The van der Waals surface area contributed by atoms with Gasteiger partial charge in [-0.25, -0.2) is 0 Å². The number of alkyl halides is 1. The van der Waals surface area contributed by atoms with Gasteiger partial charge in [0, 0.05) is 24.5 Å². The van der Waals surface area contributed by atoms with Crippen molar-refractivity contribution in [3.05, 3.63) is 108 Å². The Labute approximate surface area is 159 Å². The molecule has 0 saturated carbocycles. The second-order valence-corrected chi connectivity index (χ2v) is 7.72. The summed E-state index contributed by atoms with van der Waals surface area (Å²) in [5.74, 6) is 0. The molecule has 0 aliphatic rings. The van der Waals surface area contributed by atoms with Crippen molar-refractivity contribution in [2.75, 3.05) is 6.54 Å². The number of nitrogens with zero attached hydrogens (tertiary/aromatic N) is 1. The molecule has 25 heavy (non-hydrogen) atoms. The minimum absolute atomic E-state index is 0.433. The molecule has 0 aliphatic carbocycles. The van der Waals surface area contributed by atoms with Gasteiger partial charge in [0.25, 0.3) is 0 Å². The van der Waals surface area contributed by atoms with Crippen LogP contribution in [0.4, 0.5) is 0 Å². The van der Waals surface area contributed by atoms with Crippen molar-refractivity contribution >= 4 is 15.9 Å². The third-order valence-electron chi connectivity index (χ3n) is 4.25. The summed E-state index contributed by atoms with van der Waals surface area (Å²) in [6.07, 6.45) is 1.04. The van der Waals surface area contributed by atoms with E-state index in [1.165, 1.54) is 16.7 Å². The van der Waals surface area contributed by atoms with Crippen molar-refractivity contribution in [3.63, 3.8) is 0 Å². The first-order valence-corrected chi connectivity index (χ1v) is 9.69. The van der Waals surface area contributed by atoms with Crippen LogP contribution in [0.2, 0.25) is 0 Å². The lowest BCUT2D eigenvalue weighted by molar-refractivity contribution is 0.258. The maximum atomic E-state index is 3.90. The van der Waals surface area contributed by atoms with E-state index in [0.717, 1.165) is 26.1 Å². The molecule has 0 aromatic heterocycles. The minimum Gasteiger partial charge on any atom is -0.294 e. The molecule has 0 bridgehead atoms. The molecule has 1 unspecified atom stereocenters. The normalized spacial score (nSPS) is 12.2. The van der Waals surface area contributed by atoms with E-state index in [4.69, 9.17) is 0 Å². The van der Waals surface area contributed by atoms with Crippen LogP contribution in [0.5, 0.6) is 0 Å². The fraction of sp³-hybridized carbons (Fsp3) is 0.217. The molecule has 0 N–H and O–H groups in total. The van der Waals surface area contributed by atoms with E-state index in [1.54, 1.807) is 0 Å². The van der Waals surface area contributed by atoms with Gasteiger partial charge >= 0.3 is 0 Å². The quantitative estimate of drug-likeness (QED) is 0.444. The molecular formula is C23H24BrN. The Morgan fingerprint density at radius 1 is 0.600 bits per heavy atom. The van der Waals surface area contributed by atoms with Crippen LogP contribution in [0.15, 0.2) is 91.0 Å². The minimum atomic E-state index is 0.433. The van der Waals surface area contributed by atoms with E-state index in [2.05, 4.69) is 112 Å². The second kappa shape index (κ2) is 9.55. The second-order valence-electron chi connectivity index (χ2n) is 6.43. The smallest absolute Gasteiger partial charge is 0.0313 e. The van der Waals surface area contributed by atoms with Crippen LogP contribution in [0.1, 0.15) is 16.7 Å². The van der Waals surface area contributed by atoms with Crippen LogP contribution in [0.25, 0.3) is 0 Å². The molecule has 0 fully saturated rings. The Morgan fingerprint density at radius 2 is 1.00 bits per heavy atom. The summed E-state index contributed by atoms with van der Waals surface area (Å²) in [4.78, 5) is 2.95. The highest BCUT2D eigenvalue weighted by Gasteiger charge is 2.13. The topological polar surface area (TPSA) is 3.24 Å². The molecule has 128 valence electrons. The van der Waals surface area contributed by atoms with E-state index in [9.17, 15) is 0 Å². The third kappa shape index (κ3) is 6.15. The summed E-state index contributed by atoms with van der Waals surface area (Å²) in [6.45, 7) is 2.94. The fourth-order valence-electron chi connectivity index (χ4n) is 3.08. The number of hydrogen-bond acceptors (Lipinski definition) is 1. The van der Waals surface area contributed by atoms with Gasteiger partial charge in [0.05, 0.1) is 0 Å². The summed E-state index contributed by atoms with van der Waals surface area (Å²) in [7, 11) is 0. The highest BCUT2D eigenvalue weighted by atomic mass is 79.9. The lowest BCUT2D eigenvalue weighted by atomic mass is 10.1. The van der Waals surface area contributed by atoms with E-state index in [1.807, 2.05) is 0 Å². The average Bonchev–Trinajstić information content (AvgIpc) is 2.64. The van der Waals surface area contributed by atoms with Gasteiger partial charge in [0.15, 0.2) is 0 Å². The number of rotatable bonds is 8. The predicted molar refractivity (Wildman–Crippen MR) is 110 cm³/mol. The molecular weight excluding hydrogens is 370 g/mol. The van der Waals surface area contributed by atoms with Crippen LogP contribution in [-0.4, -0.2) is 16.3 Å². The molecule has 0 aliphatic heterocycles. The maximum Gasteiger partial charge on any atom is 0.0313 e. The molecule has 0 radical (unpaired) electrons. The van der Waals surface area contributed by atoms with Crippen molar-refractivity contribution in [1.29, 1.82) is 0 Å². The van der Waals surface area contributed by atoms with E-state index >= 15 is 0 Å². The Balaban J connectivity index is 1.66. The van der Waals surface area contributed by atoms with Crippen molar-refractivity contribution in [2.24, 2.45) is 0 Å². The molecule has 0 saturated heterocycles. The summed E-state index contributed by atoms with van der Waals surface area (Å²) >= 11 is 3.90. The number of benzene rings is 3. The summed E-state index contributed by atoms with van der Waals surface area (Å²) in [6, 6.07) is 32.1. The zero-order valence-corrected chi connectivity index (χ0v) is 16.0. The Bertz CT molecular complexity index is 686. The van der Waals surface area contributed by atoms with Gasteiger partial charge in [-0.05, 0) is 23.1 Å². The van der Waals surface area contributed by atoms with Gasteiger partial charge in [0.1, 0.15) is 0 Å².